The topological polar surface area (TPSA) is 49.8 Å². The molecule has 2 aromatic rings. The van der Waals surface area contributed by atoms with Crippen molar-refractivity contribution in [2.75, 3.05) is 11.5 Å². The van der Waals surface area contributed by atoms with Gasteiger partial charge in [0.2, 0.25) is 0 Å². The van der Waals surface area contributed by atoms with Crippen molar-refractivity contribution >= 4 is 61.9 Å². The van der Waals surface area contributed by atoms with Crippen LogP contribution in [0.25, 0.3) is 6.08 Å². The number of aromatic hydroxyl groups is 1. The second kappa shape index (κ2) is 7.59. The molecule has 0 aliphatic carbocycles. The van der Waals surface area contributed by atoms with Crippen LogP contribution >= 0.6 is 39.9 Å². The minimum atomic E-state index is -0.210. The summed E-state index contributed by atoms with van der Waals surface area (Å²) < 4.78 is 6.69. The lowest BCUT2D eigenvalue weighted by atomic mass is 10.2. The van der Waals surface area contributed by atoms with E-state index < -0.39 is 0 Å². The van der Waals surface area contributed by atoms with Gasteiger partial charge in [0.25, 0.3) is 5.91 Å². The van der Waals surface area contributed by atoms with Gasteiger partial charge in [0.15, 0.2) is 4.32 Å². The molecular weight excluding hydrogens is 422 g/mol. The Morgan fingerprint density at radius 2 is 2.00 bits per heavy atom. The molecule has 128 valence electrons. The van der Waals surface area contributed by atoms with Crippen molar-refractivity contribution in [3.8, 4) is 11.5 Å². The van der Waals surface area contributed by atoms with E-state index in [9.17, 15) is 9.90 Å². The van der Waals surface area contributed by atoms with E-state index >= 15 is 0 Å². The van der Waals surface area contributed by atoms with Gasteiger partial charge in [-0.15, -0.1) is 0 Å². The Morgan fingerprint density at radius 1 is 1.28 bits per heavy atom. The number of phenols is 1. The summed E-state index contributed by atoms with van der Waals surface area (Å²) >= 11 is 9.93. The summed E-state index contributed by atoms with van der Waals surface area (Å²) in [5.41, 5.74) is 1.24. The van der Waals surface area contributed by atoms with Gasteiger partial charge in [-0.25, -0.2) is 0 Å². The van der Waals surface area contributed by atoms with Crippen molar-refractivity contribution in [2.24, 2.45) is 0 Å². The molecule has 4 nitrogen and oxygen atoms in total. The Morgan fingerprint density at radius 3 is 2.68 bits per heavy atom. The predicted octanol–water partition coefficient (Wildman–Crippen LogP) is 4.96. The number of nitrogens with zero attached hydrogens (tertiary/aromatic N) is 1. The maximum atomic E-state index is 12.8. The van der Waals surface area contributed by atoms with E-state index in [0.717, 1.165) is 10.2 Å². The standard InChI is InChI=1S/C18H14BrNO3S2/c1-2-23-14-6-4-13(5-7-14)20-17(22)16(25-18(20)24)10-11-9-12(19)3-8-15(11)21/h3-10,21H,2H2,1H3/b16-10+. The first-order valence-corrected chi connectivity index (χ1v) is 9.50. The summed E-state index contributed by atoms with van der Waals surface area (Å²) in [5, 5.41) is 9.97. The highest BCUT2D eigenvalue weighted by molar-refractivity contribution is 9.10. The molecule has 0 saturated carbocycles. The molecule has 7 heteroatoms. The summed E-state index contributed by atoms with van der Waals surface area (Å²) in [5.74, 6) is 0.638. The normalized spacial score (nSPS) is 15.9. The van der Waals surface area contributed by atoms with Crippen LogP contribution in [0.15, 0.2) is 51.8 Å². The lowest BCUT2D eigenvalue weighted by molar-refractivity contribution is -0.113. The molecule has 0 spiro atoms. The van der Waals surface area contributed by atoms with Gasteiger partial charge in [-0.3, -0.25) is 9.69 Å². The summed E-state index contributed by atoms with van der Waals surface area (Å²) in [6.07, 6.45) is 1.65. The van der Waals surface area contributed by atoms with Gasteiger partial charge in [0.05, 0.1) is 17.2 Å². The van der Waals surface area contributed by atoms with Gasteiger partial charge in [-0.05, 0) is 55.5 Å². The van der Waals surface area contributed by atoms with E-state index in [-0.39, 0.29) is 11.7 Å². The lowest BCUT2D eigenvalue weighted by Crippen LogP contribution is -2.27. The first-order chi connectivity index (χ1) is 12.0. The number of hydrogen-bond acceptors (Lipinski definition) is 5. The second-order valence-electron chi connectivity index (χ2n) is 5.15. The van der Waals surface area contributed by atoms with Crippen molar-refractivity contribution in [1.82, 2.24) is 0 Å². The van der Waals surface area contributed by atoms with Crippen molar-refractivity contribution in [1.29, 1.82) is 0 Å². The lowest BCUT2D eigenvalue weighted by Gasteiger charge is -2.15. The van der Waals surface area contributed by atoms with Crippen molar-refractivity contribution in [3.05, 3.63) is 57.4 Å². The number of carbonyl (C=O) groups excluding carboxylic acids is 1. The van der Waals surface area contributed by atoms with E-state index in [1.54, 1.807) is 48.5 Å². The zero-order valence-corrected chi connectivity index (χ0v) is 16.5. The fourth-order valence-corrected chi connectivity index (χ4v) is 4.00. The molecule has 1 fully saturated rings. The first kappa shape index (κ1) is 18.0. The van der Waals surface area contributed by atoms with Gasteiger partial charge < -0.3 is 9.84 Å². The van der Waals surface area contributed by atoms with Crippen LogP contribution in [0.4, 0.5) is 5.69 Å². The minimum Gasteiger partial charge on any atom is -0.507 e. The third-order valence-corrected chi connectivity index (χ3v) is 5.27. The Hall–Kier alpha value is -1.83. The fourth-order valence-electron chi connectivity index (χ4n) is 2.33. The number of benzene rings is 2. The summed E-state index contributed by atoms with van der Waals surface area (Å²) in [6, 6.07) is 12.3. The van der Waals surface area contributed by atoms with Crippen LogP contribution in [-0.4, -0.2) is 21.9 Å². The van der Waals surface area contributed by atoms with Gasteiger partial charge in [0, 0.05) is 10.0 Å². The Kier molecular flexibility index (Phi) is 5.46. The van der Waals surface area contributed by atoms with Gasteiger partial charge >= 0.3 is 0 Å². The average Bonchev–Trinajstić information content (AvgIpc) is 2.86. The minimum absolute atomic E-state index is 0.106. The third kappa shape index (κ3) is 3.89. The highest BCUT2D eigenvalue weighted by atomic mass is 79.9. The number of carbonyl (C=O) groups is 1. The van der Waals surface area contributed by atoms with Crippen LogP contribution in [0.2, 0.25) is 0 Å². The number of thiocarbonyl (C=S) groups is 1. The molecule has 1 heterocycles. The molecule has 1 aliphatic heterocycles. The van der Waals surface area contributed by atoms with Crippen molar-refractivity contribution in [3.63, 3.8) is 0 Å². The molecule has 3 rings (SSSR count). The number of hydrogen-bond donors (Lipinski definition) is 1. The van der Waals surface area contributed by atoms with Crippen LogP contribution in [0.5, 0.6) is 11.5 Å². The number of halogens is 1. The molecule has 1 amide bonds. The number of thioether (sulfide) groups is 1. The summed E-state index contributed by atoms with van der Waals surface area (Å²) in [6.45, 7) is 2.50. The number of ether oxygens (including phenoxy) is 1. The average molecular weight is 436 g/mol. The molecule has 0 aromatic heterocycles. The van der Waals surface area contributed by atoms with Crippen LogP contribution in [-0.2, 0) is 4.79 Å². The van der Waals surface area contributed by atoms with Gasteiger partial charge in [-0.1, -0.05) is 39.9 Å². The van der Waals surface area contributed by atoms with Gasteiger partial charge in [0.1, 0.15) is 11.5 Å². The van der Waals surface area contributed by atoms with E-state index in [2.05, 4.69) is 15.9 Å². The van der Waals surface area contributed by atoms with E-state index in [0.29, 0.717) is 27.1 Å². The third-order valence-electron chi connectivity index (χ3n) is 3.48. The second-order valence-corrected chi connectivity index (χ2v) is 7.74. The Balaban J connectivity index is 1.89. The molecule has 1 saturated heterocycles. The summed E-state index contributed by atoms with van der Waals surface area (Å²) in [4.78, 5) is 14.7. The fraction of sp³-hybridized carbons (Fsp3) is 0.111. The number of rotatable bonds is 4. The van der Waals surface area contributed by atoms with E-state index in [4.69, 9.17) is 17.0 Å². The molecule has 2 aromatic carbocycles. The Labute approximate surface area is 163 Å². The predicted molar refractivity (Wildman–Crippen MR) is 109 cm³/mol. The molecule has 0 bridgehead atoms. The highest BCUT2D eigenvalue weighted by Crippen LogP contribution is 2.37. The maximum absolute atomic E-state index is 12.8. The van der Waals surface area contributed by atoms with Crippen LogP contribution in [0.3, 0.4) is 0 Å². The molecular formula is C18H14BrNO3S2. The number of phenolic OH excluding ortho intramolecular Hbond substituents is 1. The van der Waals surface area contributed by atoms with Crippen molar-refractivity contribution in [2.45, 2.75) is 6.92 Å². The largest absolute Gasteiger partial charge is 0.507 e. The zero-order valence-electron chi connectivity index (χ0n) is 13.2. The number of anilines is 1. The molecule has 0 atom stereocenters. The van der Waals surface area contributed by atoms with E-state index in [1.807, 2.05) is 6.92 Å². The first-order valence-electron chi connectivity index (χ1n) is 7.49. The smallest absolute Gasteiger partial charge is 0.270 e. The molecule has 1 N–H and O–H groups in total. The SMILES string of the molecule is CCOc1ccc(N2C(=O)/C(=C\c3cc(Br)ccc3O)SC2=S)cc1. The summed E-state index contributed by atoms with van der Waals surface area (Å²) in [7, 11) is 0. The van der Waals surface area contributed by atoms with Gasteiger partial charge in [-0.2, -0.15) is 0 Å². The Bertz CT molecular complexity index is 865. The highest BCUT2D eigenvalue weighted by Gasteiger charge is 2.33. The molecule has 25 heavy (non-hydrogen) atoms. The van der Waals surface area contributed by atoms with Crippen LogP contribution in [0.1, 0.15) is 12.5 Å². The van der Waals surface area contributed by atoms with Crippen LogP contribution < -0.4 is 9.64 Å². The molecule has 1 aliphatic rings. The quantitative estimate of drug-likeness (QED) is 0.543. The van der Waals surface area contributed by atoms with Crippen LogP contribution in [0, 0.1) is 0 Å². The maximum Gasteiger partial charge on any atom is 0.270 e. The molecule has 0 radical (unpaired) electrons. The van der Waals surface area contributed by atoms with E-state index in [1.165, 1.54) is 16.7 Å². The van der Waals surface area contributed by atoms with Crippen molar-refractivity contribution < 1.29 is 14.6 Å². The number of amides is 1. The zero-order chi connectivity index (χ0) is 18.0. The molecule has 0 unspecified atom stereocenters. The monoisotopic (exact) mass is 435 g/mol.